The maximum atomic E-state index is 11.6. The van der Waals surface area contributed by atoms with Crippen molar-refractivity contribution in [3.05, 3.63) is 35.9 Å². The number of ether oxygens (including phenoxy) is 1. The van der Waals surface area contributed by atoms with Gasteiger partial charge in [-0.2, -0.15) is 0 Å². The van der Waals surface area contributed by atoms with E-state index in [2.05, 4.69) is 5.32 Å². The molecule has 1 aromatic rings. The highest BCUT2D eigenvalue weighted by Gasteiger charge is 2.53. The molecule has 1 saturated heterocycles. The van der Waals surface area contributed by atoms with Crippen molar-refractivity contribution in [3.8, 4) is 0 Å². The number of benzene rings is 1. The van der Waals surface area contributed by atoms with Crippen molar-refractivity contribution in [1.82, 2.24) is 9.99 Å². The minimum Gasteiger partial charge on any atom is -0.445 e. The van der Waals surface area contributed by atoms with Gasteiger partial charge in [0.25, 0.3) is 5.91 Å². The second-order valence-electron chi connectivity index (χ2n) is 4.62. The molecular weight excluding hydrogens is 299 g/mol. The fraction of sp³-hybridized carbons (Fsp3) is 0.333. The Labute approximate surface area is 120 Å². The van der Waals surface area contributed by atoms with Crippen LogP contribution < -0.4 is 5.32 Å². The van der Waals surface area contributed by atoms with Gasteiger partial charge in [0.15, 0.2) is 0 Å². The van der Waals surface area contributed by atoms with Gasteiger partial charge in [0, 0.05) is 0 Å². The Morgan fingerprint density at radius 3 is 2.52 bits per heavy atom. The molecule has 1 aromatic carbocycles. The van der Waals surface area contributed by atoms with E-state index < -0.39 is 31.8 Å². The molecule has 0 spiro atoms. The SMILES string of the molecule is CC1[C@H](NC(=O)OCc2ccccc2)C(=O)N1P(=O)(O)O. The summed E-state index contributed by atoms with van der Waals surface area (Å²) in [6, 6.07) is 7.20. The van der Waals surface area contributed by atoms with Gasteiger partial charge in [0.1, 0.15) is 12.6 Å². The standard InChI is InChI=1S/C12H15N2O6P/c1-8-10(11(15)14(8)21(17,18)19)13-12(16)20-7-9-5-3-2-4-6-9/h2-6,8,10H,7H2,1H3,(H,13,16)(H2,17,18,19)/t8?,10-/m0/s1. The van der Waals surface area contributed by atoms with Crippen LogP contribution in [0.15, 0.2) is 30.3 Å². The highest BCUT2D eigenvalue weighted by molar-refractivity contribution is 7.50. The van der Waals surface area contributed by atoms with Gasteiger partial charge >= 0.3 is 13.8 Å². The maximum absolute atomic E-state index is 11.6. The Hall–Kier alpha value is -1.89. The predicted molar refractivity (Wildman–Crippen MR) is 71.9 cm³/mol. The lowest BCUT2D eigenvalue weighted by Gasteiger charge is -2.44. The molecule has 0 radical (unpaired) electrons. The summed E-state index contributed by atoms with van der Waals surface area (Å²) in [5.41, 5.74) is 0.789. The molecule has 2 rings (SSSR count). The number of carbonyl (C=O) groups is 2. The van der Waals surface area contributed by atoms with Crippen molar-refractivity contribution < 1.29 is 28.7 Å². The maximum Gasteiger partial charge on any atom is 0.432 e. The third-order valence-corrected chi connectivity index (χ3v) is 4.25. The third-order valence-electron chi connectivity index (χ3n) is 3.13. The first kappa shape index (κ1) is 15.5. The Balaban J connectivity index is 1.85. The van der Waals surface area contributed by atoms with E-state index in [0.717, 1.165) is 5.56 Å². The van der Waals surface area contributed by atoms with Crippen molar-refractivity contribution in [1.29, 1.82) is 0 Å². The number of nitrogens with zero attached hydrogens (tertiary/aromatic N) is 1. The van der Waals surface area contributed by atoms with Crippen LogP contribution in [0.5, 0.6) is 0 Å². The molecule has 0 aliphatic carbocycles. The van der Waals surface area contributed by atoms with E-state index in [4.69, 9.17) is 14.5 Å². The highest BCUT2D eigenvalue weighted by atomic mass is 31.2. The first-order valence-electron chi connectivity index (χ1n) is 6.17. The lowest BCUT2D eigenvalue weighted by Crippen LogP contribution is -2.68. The van der Waals surface area contributed by atoms with Crippen LogP contribution in [0.25, 0.3) is 0 Å². The van der Waals surface area contributed by atoms with Crippen molar-refractivity contribution >= 4 is 19.7 Å². The number of carbonyl (C=O) groups excluding carboxylic acids is 2. The van der Waals surface area contributed by atoms with Crippen LogP contribution in [0, 0.1) is 0 Å². The zero-order valence-electron chi connectivity index (χ0n) is 11.2. The van der Waals surface area contributed by atoms with E-state index in [1.807, 2.05) is 6.07 Å². The van der Waals surface area contributed by atoms with Gasteiger partial charge < -0.3 is 19.8 Å². The number of hydrogen-bond donors (Lipinski definition) is 3. The van der Waals surface area contributed by atoms with E-state index in [9.17, 15) is 14.2 Å². The van der Waals surface area contributed by atoms with Gasteiger partial charge in [-0.25, -0.2) is 14.0 Å². The van der Waals surface area contributed by atoms with E-state index in [0.29, 0.717) is 4.67 Å². The van der Waals surface area contributed by atoms with Gasteiger partial charge in [-0.1, -0.05) is 30.3 Å². The molecule has 1 unspecified atom stereocenters. The summed E-state index contributed by atoms with van der Waals surface area (Å²) in [7, 11) is -4.63. The molecule has 1 aliphatic rings. The number of amides is 2. The number of hydrogen-bond acceptors (Lipinski definition) is 4. The number of alkyl carbamates (subject to hydrolysis) is 1. The van der Waals surface area contributed by atoms with Gasteiger partial charge in [-0.15, -0.1) is 0 Å². The van der Waals surface area contributed by atoms with E-state index in [-0.39, 0.29) is 6.61 Å². The zero-order chi connectivity index (χ0) is 15.6. The summed E-state index contributed by atoms with van der Waals surface area (Å²) in [5.74, 6) is -0.826. The number of rotatable bonds is 4. The summed E-state index contributed by atoms with van der Waals surface area (Å²) >= 11 is 0. The largest absolute Gasteiger partial charge is 0.445 e. The normalized spacial score (nSPS) is 21.7. The van der Waals surface area contributed by atoms with Gasteiger partial charge in [0.2, 0.25) is 0 Å². The summed E-state index contributed by atoms with van der Waals surface area (Å²) in [6.07, 6.45) is -0.811. The molecule has 8 nitrogen and oxygen atoms in total. The smallest absolute Gasteiger partial charge is 0.432 e. The molecule has 1 fully saturated rings. The van der Waals surface area contributed by atoms with Crippen molar-refractivity contribution in [2.24, 2.45) is 0 Å². The lowest BCUT2D eigenvalue weighted by molar-refractivity contribution is -0.142. The molecule has 21 heavy (non-hydrogen) atoms. The van der Waals surface area contributed by atoms with Crippen molar-refractivity contribution in [3.63, 3.8) is 0 Å². The molecule has 1 heterocycles. The molecule has 114 valence electrons. The fourth-order valence-corrected chi connectivity index (χ4v) is 3.04. The van der Waals surface area contributed by atoms with Gasteiger partial charge in [-0.05, 0) is 12.5 Å². The average molecular weight is 314 g/mol. The minimum absolute atomic E-state index is 0.0458. The highest BCUT2D eigenvalue weighted by Crippen LogP contribution is 2.47. The van der Waals surface area contributed by atoms with Crippen LogP contribution in [0.2, 0.25) is 0 Å². The third kappa shape index (κ3) is 3.41. The summed E-state index contributed by atoms with van der Waals surface area (Å²) in [4.78, 5) is 41.1. The van der Waals surface area contributed by atoms with E-state index >= 15 is 0 Å². The summed E-state index contributed by atoms with van der Waals surface area (Å²) in [5, 5.41) is 2.29. The Bertz CT molecular complexity index is 587. The van der Waals surface area contributed by atoms with Crippen LogP contribution in [0.4, 0.5) is 4.79 Å². The van der Waals surface area contributed by atoms with Gasteiger partial charge in [0.05, 0.1) is 6.04 Å². The lowest BCUT2D eigenvalue weighted by atomic mass is 10.0. The molecule has 1 aliphatic heterocycles. The van der Waals surface area contributed by atoms with Crippen molar-refractivity contribution in [2.75, 3.05) is 0 Å². The summed E-state index contributed by atoms with van der Waals surface area (Å²) in [6.45, 7) is 1.48. The van der Waals surface area contributed by atoms with Crippen molar-refractivity contribution in [2.45, 2.75) is 25.6 Å². The number of nitrogens with one attached hydrogen (secondary N) is 1. The van der Waals surface area contributed by atoms with Crippen LogP contribution in [-0.2, 0) is 20.7 Å². The van der Waals surface area contributed by atoms with Crippen LogP contribution in [0.3, 0.4) is 0 Å². The first-order valence-corrected chi connectivity index (χ1v) is 7.73. The molecule has 2 amide bonds. The Morgan fingerprint density at radius 1 is 1.38 bits per heavy atom. The zero-order valence-corrected chi connectivity index (χ0v) is 12.1. The number of β-lactam (4-membered cyclic amide) rings is 1. The topological polar surface area (TPSA) is 116 Å². The van der Waals surface area contributed by atoms with Crippen LogP contribution >= 0.6 is 7.75 Å². The predicted octanol–water partition coefficient (Wildman–Crippen LogP) is 0.605. The molecule has 0 bridgehead atoms. The Morgan fingerprint density at radius 2 is 2.00 bits per heavy atom. The second-order valence-corrected chi connectivity index (χ2v) is 6.08. The molecule has 2 atom stereocenters. The average Bonchev–Trinajstić information content (AvgIpc) is 2.42. The molecule has 0 aromatic heterocycles. The fourth-order valence-electron chi connectivity index (χ4n) is 2.05. The molecule has 9 heteroatoms. The van der Waals surface area contributed by atoms with E-state index in [1.165, 1.54) is 6.92 Å². The van der Waals surface area contributed by atoms with Crippen LogP contribution in [-0.4, -0.2) is 38.5 Å². The molecular formula is C12H15N2O6P. The first-order chi connectivity index (χ1) is 9.80. The second kappa shape index (κ2) is 5.85. The minimum atomic E-state index is -4.63. The van der Waals surface area contributed by atoms with Crippen LogP contribution in [0.1, 0.15) is 12.5 Å². The molecule has 3 N–H and O–H groups in total. The molecule has 0 saturated carbocycles. The van der Waals surface area contributed by atoms with Gasteiger partial charge in [-0.3, -0.25) is 4.79 Å². The quantitative estimate of drug-likeness (QED) is 0.554. The van der Waals surface area contributed by atoms with E-state index in [1.54, 1.807) is 24.3 Å². The Kier molecular flexibility index (Phi) is 4.32. The summed E-state index contributed by atoms with van der Waals surface area (Å²) < 4.78 is 16.4. The monoisotopic (exact) mass is 314 g/mol.